The first-order chi connectivity index (χ1) is 16.3. The zero-order valence-electron chi connectivity index (χ0n) is 18.1. The van der Waals surface area contributed by atoms with E-state index in [0.29, 0.717) is 22.5 Å². The Hall–Kier alpha value is -4.26. The quantitative estimate of drug-likeness (QED) is 0.497. The summed E-state index contributed by atoms with van der Waals surface area (Å²) in [7, 11) is 0. The highest BCUT2D eigenvalue weighted by Gasteiger charge is 2.20. The highest BCUT2D eigenvalue weighted by atomic mass is 19.3. The molecule has 0 aliphatic heterocycles. The predicted molar refractivity (Wildman–Crippen MR) is 120 cm³/mol. The summed E-state index contributed by atoms with van der Waals surface area (Å²) < 4.78 is 39.3. The van der Waals surface area contributed by atoms with Gasteiger partial charge >= 0.3 is 0 Å². The van der Waals surface area contributed by atoms with E-state index in [4.69, 9.17) is 0 Å². The third-order valence-electron chi connectivity index (χ3n) is 4.91. The lowest BCUT2D eigenvalue weighted by atomic mass is 10.0. The fourth-order valence-corrected chi connectivity index (χ4v) is 3.27. The zero-order chi connectivity index (χ0) is 24.7. The minimum atomic E-state index is -2.75. The Bertz CT molecular complexity index is 1230. The highest BCUT2D eigenvalue weighted by Crippen LogP contribution is 2.27. The second-order valence-corrected chi connectivity index (χ2v) is 7.30. The van der Waals surface area contributed by atoms with Gasteiger partial charge < -0.3 is 10.2 Å². The number of hydrogen-bond acceptors (Lipinski definition) is 5. The number of halogens is 3. The van der Waals surface area contributed by atoms with Crippen molar-refractivity contribution >= 4 is 23.2 Å². The predicted octanol–water partition coefficient (Wildman–Crippen LogP) is 4.34. The molecule has 0 aliphatic carbocycles. The molecule has 0 bridgehead atoms. The summed E-state index contributed by atoms with van der Waals surface area (Å²) in [6.07, 6.45) is 0.271. The minimum Gasteiger partial charge on any atom is -0.325 e. The summed E-state index contributed by atoms with van der Waals surface area (Å²) in [5.41, 5.74) is 1.92. The van der Waals surface area contributed by atoms with Crippen LogP contribution in [0.15, 0.2) is 54.9 Å². The van der Waals surface area contributed by atoms with E-state index in [0.717, 1.165) is 11.8 Å². The smallest absolute Gasteiger partial charge is 0.256 e. The van der Waals surface area contributed by atoms with Crippen LogP contribution in [0.4, 0.5) is 24.5 Å². The number of anilines is 2. The van der Waals surface area contributed by atoms with Crippen LogP contribution >= 0.6 is 0 Å². The van der Waals surface area contributed by atoms with Crippen LogP contribution in [0, 0.1) is 17.3 Å². The van der Waals surface area contributed by atoms with Gasteiger partial charge in [-0.05, 0) is 36.8 Å². The molecule has 0 radical (unpaired) electrons. The number of carbonyl (C=O) groups excluding carboxylic acids is 2. The fraction of sp³-hybridized carbons (Fsp3) is 0.208. The van der Waals surface area contributed by atoms with Crippen LogP contribution in [-0.2, 0) is 16.0 Å². The molecule has 0 saturated heterocycles. The van der Waals surface area contributed by atoms with Crippen molar-refractivity contribution in [2.24, 2.45) is 0 Å². The van der Waals surface area contributed by atoms with Crippen LogP contribution in [0.1, 0.15) is 24.5 Å². The molecule has 0 unspecified atom stereocenters. The Balaban J connectivity index is 1.70. The number of benzene rings is 1. The summed E-state index contributed by atoms with van der Waals surface area (Å²) in [5, 5.41) is 12.2. The second kappa shape index (κ2) is 11.0. The number of aryl methyl sites for hydroxylation is 1. The third kappa shape index (κ3) is 6.16. The van der Waals surface area contributed by atoms with E-state index in [-0.39, 0.29) is 30.0 Å². The van der Waals surface area contributed by atoms with Crippen molar-refractivity contribution in [1.29, 1.82) is 5.26 Å². The van der Waals surface area contributed by atoms with Crippen molar-refractivity contribution in [3.05, 3.63) is 71.9 Å². The zero-order valence-corrected chi connectivity index (χ0v) is 18.1. The Morgan fingerprint density at radius 3 is 2.59 bits per heavy atom. The van der Waals surface area contributed by atoms with Crippen LogP contribution in [0.3, 0.4) is 0 Å². The number of rotatable bonds is 8. The maximum atomic E-state index is 13.6. The molecule has 0 aliphatic rings. The van der Waals surface area contributed by atoms with Crippen LogP contribution in [0.25, 0.3) is 11.3 Å². The molecule has 0 fully saturated rings. The number of nitrogens with one attached hydrogen (secondary N) is 1. The van der Waals surface area contributed by atoms with E-state index < -0.39 is 24.8 Å². The van der Waals surface area contributed by atoms with E-state index in [1.807, 2.05) is 6.07 Å². The van der Waals surface area contributed by atoms with Gasteiger partial charge in [-0.15, -0.1) is 0 Å². The molecule has 2 aromatic heterocycles. The lowest BCUT2D eigenvalue weighted by Crippen LogP contribution is -2.33. The number of alkyl halides is 2. The normalized spacial score (nSPS) is 10.6. The van der Waals surface area contributed by atoms with Crippen LogP contribution in [0.2, 0.25) is 0 Å². The molecular formula is C24H20F3N5O2. The minimum absolute atomic E-state index is 0.0511. The van der Waals surface area contributed by atoms with Crippen LogP contribution in [0.5, 0.6) is 0 Å². The molecule has 3 aromatic rings. The van der Waals surface area contributed by atoms with E-state index in [1.54, 1.807) is 30.3 Å². The van der Waals surface area contributed by atoms with Gasteiger partial charge in [0.05, 0.1) is 35.4 Å². The first kappa shape index (κ1) is 24.4. The molecule has 0 atom stereocenters. The fourth-order valence-electron chi connectivity index (χ4n) is 3.27. The maximum Gasteiger partial charge on any atom is 0.256 e. The van der Waals surface area contributed by atoms with Gasteiger partial charge in [0.25, 0.3) is 6.43 Å². The number of nitrogens with zero attached hydrogens (tertiary/aromatic N) is 4. The Morgan fingerprint density at radius 1 is 1.18 bits per heavy atom. The molecule has 1 N–H and O–H groups in total. The largest absolute Gasteiger partial charge is 0.325 e. The standard InChI is InChI=1S/C24H20F3N5O2/c1-15(33)32(14-22(25)26)21-8-4-17(11-18(21)12-28)20-7-6-19(13-30-20)31-23(34)9-5-16-3-2-10-29-24(16)27/h2-4,6-8,10-11,13,22H,5,9,14H2,1H3,(H,31,34). The van der Waals surface area contributed by atoms with Gasteiger partial charge in [0.2, 0.25) is 17.8 Å². The molecular weight excluding hydrogens is 447 g/mol. The van der Waals surface area contributed by atoms with Crippen molar-refractivity contribution < 1.29 is 22.8 Å². The average Bonchev–Trinajstić information content (AvgIpc) is 2.82. The molecule has 2 amide bonds. The number of aromatic nitrogens is 2. The molecule has 7 nitrogen and oxygen atoms in total. The number of carbonyl (C=O) groups is 2. The molecule has 10 heteroatoms. The molecule has 0 spiro atoms. The van der Waals surface area contributed by atoms with E-state index in [2.05, 4.69) is 15.3 Å². The van der Waals surface area contributed by atoms with Crippen LogP contribution < -0.4 is 10.2 Å². The Morgan fingerprint density at radius 2 is 1.97 bits per heavy atom. The molecule has 174 valence electrons. The van der Waals surface area contributed by atoms with Crippen LogP contribution in [-0.4, -0.2) is 34.8 Å². The summed E-state index contributed by atoms with van der Waals surface area (Å²) in [6, 6.07) is 12.8. The molecule has 2 heterocycles. The molecule has 1 aromatic carbocycles. The number of pyridine rings is 2. The molecule has 34 heavy (non-hydrogen) atoms. The lowest BCUT2D eigenvalue weighted by molar-refractivity contribution is -0.117. The van der Waals surface area contributed by atoms with Crippen molar-refractivity contribution in [2.75, 3.05) is 16.8 Å². The number of hydrogen-bond donors (Lipinski definition) is 1. The van der Waals surface area contributed by atoms with Crippen molar-refractivity contribution in [3.63, 3.8) is 0 Å². The average molecular weight is 467 g/mol. The van der Waals surface area contributed by atoms with Gasteiger partial charge in [-0.3, -0.25) is 14.6 Å². The van der Waals surface area contributed by atoms with Crippen molar-refractivity contribution in [3.8, 4) is 17.3 Å². The van der Waals surface area contributed by atoms with Gasteiger partial charge in [0, 0.05) is 30.7 Å². The van der Waals surface area contributed by atoms with Crippen molar-refractivity contribution in [1.82, 2.24) is 9.97 Å². The summed E-state index contributed by atoms with van der Waals surface area (Å²) >= 11 is 0. The summed E-state index contributed by atoms with van der Waals surface area (Å²) in [4.78, 5) is 32.6. The Kier molecular flexibility index (Phi) is 7.92. The van der Waals surface area contributed by atoms with E-state index in [9.17, 15) is 28.0 Å². The van der Waals surface area contributed by atoms with E-state index >= 15 is 0 Å². The SMILES string of the molecule is CC(=O)N(CC(F)F)c1ccc(-c2ccc(NC(=O)CCc3cccnc3F)cn2)cc1C#N. The van der Waals surface area contributed by atoms with E-state index in [1.165, 1.54) is 24.5 Å². The van der Waals surface area contributed by atoms with Gasteiger partial charge in [0.15, 0.2) is 0 Å². The van der Waals surface area contributed by atoms with Gasteiger partial charge in [-0.1, -0.05) is 12.1 Å². The molecule has 0 saturated carbocycles. The monoisotopic (exact) mass is 467 g/mol. The molecule has 3 rings (SSSR count). The third-order valence-corrected chi connectivity index (χ3v) is 4.91. The first-order valence-corrected chi connectivity index (χ1v) is 10.2. The Labute approximate surface area is 193 Å². The maximum absolute atomic E-state index is 13.6. The lowest BCUT2D eigenvalue weighted by Gasteiger charge is -2.22. The highest BCUT2D eigenvalue weighted by molar-refractivity contribution is 5.93. The van der Waals surface area contributed by atoms with Gasteiger partial charge in [-0.25, -0.2) is 13.8 Å². The second-order valence-electron chi connectivity index (χ2n) is 7.30. The summed E-state index contributed by atoms with van der Waals surface area (Å²) in [5.74, 6) is -1.53. The van der Waals surface area contributed by atoms with Gasteiger partial charge in [-0.2, -0.15) is 9.65 Å². The topological polar surface area (TPSA) is 99.0 Å². The summed E-state index contributed by atoms with van der Waals surface area (Å²) in [6.45, 7) is 0.336. The number of amides is 2. The van der Waals surface area contributed by atoms with Crippen molar-refractivity contribution in [2.45, 2.75) is 26.2 Å². The van der Waals surface area contributed by atoms with Gasteiger partial charge in [0.1, 0.15) is 6.07 Å². The number of nitriles is 1. The first-order valence-electron chi connectivity index (χ1n) is 10.2.